The number of aromatic nitrogens is 2. The van der Waals surface area contributed by atoms with E-state index in [0.29, 0.717) is 18.2 Å². The van der Waals surface area contributed by atoms with Gasteiger partial charge < -0.3 is 10.5 Å². The summed E-state index contributed by atoms with van der Waals surface area (Å²) in [5.74, 6) is 0.501. The smallest absolute Gasteiger partial charge is 0.237 e. The maximum absolute atomic E-state index is 5.86. The zero-order chi connectivity index (χ0) is 12.1. The van der Waals surface area contributed by atoms with E-state index >= 15 is 0 Å². The maximum atomic E-state index is 5.86. The van der Waals surface area contributed by atoms with Gasteiger partial charge in [-0.05, 0) is 30.7 Å². The highest BCUT2D eigenvalue weighted by Gasteiger charge is 2.04. The van der Waals surface area contributed by atoms with E-state index in [2.05, 4.69) is 9.97 Å². The molecule has 0 aromatic carbocycles. The van der Waals surface area contributed by atoms with E-state index in [-0.39, 0.29) is 0 Å². The van der Waals surface area contributed by atoms with Crippen molar-refractivity contribution in [3.63, 3.8) is 0 Å². The normalized spacial score (nSPS) is 10.2. The number of pyridine rings is 2. The zero-order valence-electron chi connectivity index (χ0n) is 9.76. The molecular weight excluding hydrogens is 214 g/mol. The first-order valence-corrected chi connectivity index (χ1v) is 5.51. The largest absolute Gasteiger partial charge is 0.476 e. The minimum absolute atomic E-state index is 0.501. The van der Waals surface area contributed by atoms with Gasteiger partial charge in [-0.15, -0.1) is 0 Å². The standard InChI is InChI=1S/C13H15N3O/c1-10-5-8-16-13(12(10)14)17-9-6-11-4-2-3-7-15-11/h2-5,7-8H,6,9,14H2,1H3. The molecule has 2 N–H and O–H groups in total. The SMILES string of the molecule is Cc1ccnc(OCCc2ccccn2)c1N. The number of nitrogen functional groups attached to an aromatic ring is 1. The predicted octanol–water partition coefficient (Wildman–Crippen LogP) is 1.99. The van der Waals surface area contributed by atoms with Crippen molar-refractivity contribution in [2.24, 2.45) is 0 Å². The molecule has 4 heteroatoms. The molecule has 88 valence electrons. The average Bonchev–Trinajstić information content (AvgIpc) is 2.36. The second kappa shape index (κ2) is 5.30. The van der Waals surface area contributed by atoms with Crippen LogP contribution in [0.5, 0.6) is 5.88 Å². The summed E-state index contributed by atoms with van der Waals surface area (Å²) in [6.07, 6.45) is 4.21. The number of anilines is 1. The van der Waals surface area contributed by atoms with Crippen molar-refractivity contribution in [3.05, 3.63) is 47.9 Å². The highest BCUT2D eigenvalue weighted by atomic mass is 16.5. The molecule has 0 atom stereocenters. The fraction of sp³-hybridized carbons (Fsp3) is 0.231. The van der Waals surface area contributed by atoms with Crippen LogP contribution in [0.4, 0.5) is 5.69 Å². The van der Waals surface area contributed by atoms with Crippen LogP contribution in [0.1, 0.15) is 11.3 Å². The van der Waals surface area contributed by atoms with Gasteiger partial charge in [0.25, 0.3) is 0 Å². The number of aryl methyl sites for hydroxylation is 1. The zero-order valence-corrected chi connectivity index (χ0v) is 9.76. The van der Waals surface area contributed by atoms with Crippen molar-refractivity contribution in [2.75, 3.05) is 12.3 Å². The highest BCUT2D eigenvalue weighted by molar-refractivity contribution is 5.53. The van der Waals surface area contributed by atoms with Gasteiger partial charge in [0.15, 0.2) is 0 Å². The lowest BCUT2D eigenvalue weighted by molar-refractivity contribution is 0.310. The van der Waals surface area contributed by atoms with Crippen molar-refractivity contribution in [1.29, 1.82) is 0 Å². The third kappa shape index (κ3) is 2.93. The molecule has 2 aromatic rings. The second-order valence-corrected chi connectivity index (χ2v) is 3.77. The number of ether oxygens (including phenoxy) is 1. The number of hydrogen-bond acceptors (Lipinski definition) is 4. The van der Waals surface area contributed by atoms with Crippen LogP contribution in [0.3, 0.4) is 0 Å². The fourth-order valence-corrected chi connectivity index (χ4v) is 1.46. The molecule has 0 aliphatic rings. The van der Waals surface area contributed by atoms with Gasteiger partial charge in [-0.25, -0.2) is 4.98 Å². The van der Waals surface area contributed by atoms with Gasteiger partial charge in [0.1, 0.15) is 0 Å². The molecular formula is C13H15N3O. The molecule has 2 heterocycles. The Bertz CT molecular complexity index is 485. The summed E-state index contributed by atoms with van der Waals surface area (Å²) in [5.41, 5.74) is 8.44. The molecule has 0 unspecified atom stereocenters. The topological polar surface area (TPSA) is 61.0 Å². The van der Waals surface area contributed by atoms with Gasteiger partial charge in [-0.1, -0.05) is 6.07 Å². The predicted molar refractivity (Wildman–Crippen MR) is 66.8 cm³/mol. The lowest BCUT2D eigenvalue weighted by Crippen LogP contribution is -2.06. The van der Waals surface area contributed by atoms with Crippen LogP contribution in [0.25, 0.3) is 0 Å². The molecule has 0 bridgehead atoms. The van der Waals surface area contributed by atoms with Gasteiger partial charge in [-0.2, -0.15) is 0 Å². The average molecular weight is 229 g/mol. The Kier molecular flexibility index (Phi) is 3.55. The van der Waals surface area contributed by atoms with Crippen LogP contribution >= 0.6 is 0 Å². The third-order valence-corrected chi connectivity index (χ3v) is 2.49. The molecule has 0 saturated carbocycles. The van der Waals surface area contributed by atoms with Crippen molar-refractivity contribution >= 4 is 5.69 Å². The van der Waals surface area contributed by atoms with Crippen LogP contribution in [0.15, 0.2) is 36.7 Å². The Hall–Kier alpha value is -2.10. The fourth-order valence-electron chi connectivity index (χ4n) is 1.46. The van der Waals surface area contributed by atoms with Crippen LogP contribution in [0, 0.1) is 6.92 Å². The molecule has 0 amide bonds. The Morgan fingerprint density at radius 2 is 2.06 bits per heavy atom. The summed E-state index contributed by atoms with van der Waals surface area (Å²) >= 11 is 0. The minimum Gasteiger partial charge on any atom is -0.476 e. The summed E-state index contributed by atoms with van der Waals surface area (Å²) in [6.45, 7) is 2.46. The first-order valence-electron chi connectivity index (χ1n) is 5.51. The minimum atomic E-state index is 0.501. The van der Waals surface area contributed by atoms with E-state index in [1.54, 1.807) is 12.4 Å². The van der Waals surface area contributed by atoms with E-state index in [4.69, 9.17) is 10.5 Å². The Labute approximate surface area is 100 Å². The summed E-state index contributed by atoms with van der Waals surface area (Å²) in [5, 5.41) is 0. The van der Waals surface area contributed by atoms with Gasteiger partial charge >= 0.3 is 0 Å². The first kappa shape index (κ1) is 11.4. The van der Waals surface area contributed by atoms with Crippen molar-refractivity contribution in [2.45, 2.75) is 13.3 Å². The van der Waals surface area contributed by atoms with Crippen LogP contribution in [-0.2, 0) is 6.42 Å². The number of rotatable bonds is 4. The summed E-state index contributed by atoms with van der Waals surface area (Å²) < 4.78 is 5.55. The van der Waals surface area contributed by atoms with Crippen molar-refractivity contribution < 1.29 is 4.74 Å². The Morgan fingerprint density at radius 1 is 1.18 bits per heavy atom. The van der Waals surface area contributed by atoms with E-state index in [1.165, 1.54) is 0 Å². The van der Waals surface area contributed by atoms with Crippen LogP contribution < -0.4 is 10.5 Å². The maximum Gasteiger partial charge on any atom is 0.237 e. The van der Waals surface area contributed by atoms with Gasteiger partial charge in [0.05, 0.1) is 12.3 Å². The van der Waals surface area contributed by atoms with E-state index in [0.717, 1.165) is 17.7 Å². The van der Waals surface area contributed by atoms with Gasteiger partial charge in [-0.3, -0.25) is 4.98 Å². The van der Waals surface area contributed by atoms with E-state index in [1.807, 2.05) is 31.2 Å². The quantitative estimate of drug-likeness (QED) is 0.871. The molecule has 0 aliphatic heterocycles. The number of nitrogens with zero attached hydrogens (tertiary/aromatic N) is 2. The van der Waals surface area contributed by atoms with Gasteiger partial charge in [0, 0.05) is 24.5 Å². The molecule has 0 spiro atoms. The van der Waals surface area contributed by atoms with Crippen molar-refractivity contribution in [3.8, 4) is 5.88 Å². The summed E-state index contributed by atoms with van der Waals surface area (Å²) in [4.78, 5) is 8.32. The molecule has 0 saturated heterocycles. The number of nitrogens with two attached hydrogens (primary N) is 1. The second-order valence-electron chi connectivity index (χ2n) is 3.77. The Balaban J connectivity index is 1.93. The molecule has 17 heavy (non-hydrogen) atoms. The van der Waals surface area contributed by atoms with Crippen LogP contribution in [-0.4, -0.2) is 16.6 Å². The number of hydrogen-bond donors (Lipinski definition) is 1. The lowest BCUT2D eigenvalue weighted by atomic mass is 10.2. The van der Waals surface area contributed by atoms with Crippen molar-refractivity contribution in [1.82, 2.24) is 9.97 Å². The van der Waals surface area contributed by atoms with E-state index < -0.39 is 0 Å². The molecule has 0 aliphatic carbocycles. The Morgan fingerprint density at radius 3 is 2.82 bits per heavy atom. The summed E-state index contributed by atoms with van der Waals surface area (Å²) in [6, 6.07) is 7.68. The molecule has 2 rings (SSSR count). The highest BCUT2D eigenvalue weighted by Crippen LogP contribution is 2.21. The third-order valence-electron chi connectivity index (χ3n) is 2.49. The monoisotopic (exact) mass is 229 g/mol. The molecule has 0 fully saturated rings. The lowest BCUT2D eigenvalue weighted by Gasteiger charge is -2.08. The first-order chi connectivity index (χ1) is 8.27. The molecule has 2 aromatic heterocycles. The molecule has 4 nitrogen and oxygen atoms in total. The van der Waals surface area contributed by atoms with Gasteiger partial charge in [0.2, 0.25) is 5.88 Å². The van der Waals surface area contributed by atoms with Crippen LogP contribution in [0.2, 0.25) is 0 Å². The molecule has 0 radical (unpaired) electrons. The summed E-state index contributed by atoms with van der Waals surface area (Å²) in [7, 11) is 0. The van der Waals surface area contributed by atoms with E-state index in [9.17, 15) is 0 Å².